The fourth-order valence-electron chi connectivity index (χ4n) is 2.84. The Morgan fingerprint density at radius 2 is 2.17 bits per heavy atom. The highest BCUT2D eigenvalue weighted by atomic mass is 16.5. The normalized spacial score (nSPS) is 13.3. The molecule has 0 aliphatic carbocycles. The number of aromatic nitrogens is 1. The van der Waals surface area contributed by atoms with Gasteiger partial charge in [-0.15, -0.1) is 0 Å². The molecule has 7 heteroatoms. The van der Waals surface area contributed by atoms with E-state index in [1.54, 1.807) is 0 Å². The zero-order chi connectivity index (χ0) is 16.9. The summed E-state index contributed by atoms with van der Waals surface area (Å²) in [6, 6.07) is 7.85. The minimum Gasteiger partial charge on any atom is -0.374 e. The fraction of sp³-hybridized carbons (Fsp3) is 0.353. The van der Waals surface area contributed by atoms with Gasteiger partial charge in [-0.1, -0.05) is 17.3 Å². The van der Waals surface area contributed by atoms with Crippen LogP contribution in [-0.2, 0) is 22.4 Å². The van der Waals surface area contributed by atoms with Gasteiger partial charge < -0.3 is 14.7 Å². The Labute approximate surface area is 140 Å². The molecule has 1 aliphatic rings. The maximum Gasteiger partial charge on any atom is 0.314 e. The van der Waals surface area contributed by atoms with Crippen LogP contribution in [0.4, 0.5) is 11.5 Å². The third kappa shape index (κ3) is 3.73. The lowest BCUT2D eigenvalue weighted by molar-refractivity contribution is -0.136. The van der Waals surface area contributed by atoms with Crippen LogP contribution in [0.2, 0.25) is 0 Å². The summed E-state index contributed by atoms with van der Waals surface area (Å²) in [6.45, 7) is 1.49. The molecular formula is C17H20N4O3. The van der Waals surface area contributed by atoms with Crippen molar-refractivity contribution in [3.63, 3.8) is 0 Å². The molecule has 7 nitrogen and oxygen atoms in total. The molecule has 0 saturated heterocycles. The van der Waals surface area contributed by atoms with Crippen molar-refractivity contribution in [3.8, 4) is 0 Å². The number of amides is 2. The Morgan fingerprint density at radius 1 is 1.29 bits per heavy atom. The zero-order valence-electron chi connectivity index (χ0n) is 13.5. The summed E-state index contributed by atoms with van der Waals surface area (Å²) in [4.78, 5) is 25.7. The topological polar surface area (TPSA) is 87.5 Å². The minimum atomic E-state index is -0.754. The lowest BCUT2D eigenvalue weighted by atomic mass is 9.98. The van der Waals surface area contributed by atoms with E-state index in [1.165, 1.54) is 23.6 Å². The van der Waals surface area contributed by atoms with Crippen LogP contribution in [0.1, 0.15) is 17.5 Å². The van der Waals surface area contributed by atoms with Crippen molar-refractivity contribution in [2.75, 3.05) is 30.4 Å². The number of nitrogens with one attached hydrogen (secondary N) is 2. The zero-order valence-corrected chi connectivity index (χ0v) is 13.5. The summed E-state index contributed by atoms with van der Waals surface area (Å²) >= 11 is 0. The largest absolute Gasteiger partial charge is 0.374 e. The summed E-state index contributed by atoms with van der Waals surface area (Å²) in [6.07, 6.45) is 4.24. The number of fused-ring (bicyclic) bond motifs is 1. The van der Waals surface area contributed by atoms with E-state index in [0.29, 0.717) is 13.0 Å². The molecule has 1 aromatic carbocycles. The summed E-state index contributed by atoms with van der Waals surface area (Å²) in [5, 5.41) is 8.49. The first-order valence-electron chi connectivity index (χ1n) is 7.96. The number of nitrogens with zero attached hydrogens (tertiary/aromatic N) is 2. The molecule has 0 unspecified atom stereocenters. The van der Waals surface area contributed by atoms with Crippen LogP contribution in [0.15, 0.2) is 35.1 Å². The molecule has 0 saturated carbocycles. The predicted molar refractivity (Wildman–Crippen MR) is 89.9 cm³/mol. The number of hydrogen-bond acceptors (Lipinski definition) is 5. The number of carbonyl (C=O) groups is 2. The highest BCUT2D eigenvalue weighted by Gasteiger charge is 2.15. The maximum absolute atomic E-state index is 11.7. The number of benzene rings is 1. The van der Waals surface area contributed by atoms with Crippen molar-refractivity contribution in [3.05, 3.63) is 41.7 Å². The molecule has 126 valence electrons. The van der Waals surface area contributed by atoms with E-state index in [0.717, 1.165) is 24.9 Å². The van der Waals surface area contributed by atoms with Gasteiger partial charge in [0.05, 0.1) is 0 Å². The van der Waals surface area contributed by atoms with E-state index in [4.69, 9.17) is 0 Å². The molecule has 1 aromatic heterocycles. The van der Waals surface area contributed by atoms with E-state index in [9.17, 15) is 9.59 Å². The molecule has 0 atom stereocenters. The van der Waals surface area contributed by atoms with Crippen LogP contribution in [-0.4, -0.2) is 37.1 Å². The quantitative estimate of drug-likeness (QED) is 0.827. The Morgan fingerprint density at radius 3 is 2.96 bits per heavy atom. The summed E-state index contributed by atoms with van der Waals surface area (Å²) < 4.78 is 4.59. The molecule has 0 spiro atoms. The second kappa shape index (κ2) is 7.16. The van der Waals surface area contributed by atoms with Crippen LogP contribution in [0.3, 0.4) is 0 Å². The first-order chi connectivity index (χ1) is 11.6. The molecule has 2 N–H and O–H groups in total. The first-order valence-corrected chi connectivity index (χ1v) is 7.96. The fourth-order valence-corrected chi connectivity index (χ4v) is 2.84. The number of rotatable bonds is 4. The van der Waals surface area contributed by atoms with Gasteiger partial charge in [0.15, 0.2) is 5.82 Å². The van der Waals surface area contributed by atoms with Crippen LogP contribution >= 0.6 is 0 Å². The van der Waals surface area contributed by atoms with Crippen molar-refractivity contribution in [2.24, 2.45) is 0 Å². The standard InChI is InChI=1S/C17H20N4O3/c1-21-9-2-3-13-11-12(4-5-14(13)21)6-8-18-16(22)17(23)19-15-7-10-24-20-15/h4-5,7,10-11H,2-3,6,8-9H2,1H3,(H,18,22)(H,19,20,23). The lowest BCUT2D eigenvalue weighted by Crippen LogP contribution is -2.36. The van der Waals surface area contributed by atoms with E-state index >= 15 is 0 Å². The number of aryl methyl sites for hydroxylation is 1. The van der Waals surface area contributed by atoms with E-state index in [-0.39, 0.29) is 5.82 Å². The smallest absolute Gasteiger partial charge is 0.314 e. The summed E-state index contributed by atoms with van der Waals surface area (Å²) in [5.74, 6) is -1.22. The Hall–Kier alpha value is -2.83. The van der Waals surface area contributed by atoms with Gasteiger partial charge >= 0.3 is 11.8 Å². The molecule has 0 fully saturated rings. The molecule has 2 heterocycles. The van der Waals surface area contributed by atoms with E-state index < -0.39 is 11.8 Å². The number of hydrogen-bond donors (Lipinski definition) is 2. The van der Waals surface area contributed by atoms with Crippen molar-refractivity contribution < 1.29 is 14.1 Å². The van der Waals surface area contributed by atoms with E-state index in [1.807, 2.05) is 0 Å². The van der Waals surface area contributed by atoms with Crippen LogP contribution in [0.25, 0.3) is 0 Å². The van der Waals surface area contributed by atoms with Crippen molar-refractivity contribution in [2.45, 2.75) is 19.3 Å². The molecule has 1 aliphatic heterocycles. The summed E-state index contributed by atoms with van der Waals surface area (Å²) in [5.41, 5.74) is 3.78. The van der Waals surface area contributed by atoms with Crippen LogP contribution in [0, 0.1) is 0 Å². The van der Waals surface area contributed by atoms with Crippen molar-refractivity contribution >= 4 is 23.3 Å². The van der Waals surface area contributed by atoms with Gasteiger partial charge in [0, 0.05) is 31.9 Å². The monoisotopic (exact) mass is 328 g/mol. The molecule has 3 rings (SSSR count). The van der Waals surface area contributed by atoms with Gasteiger partial charge in [0.2, 0.25) is 0 Å². The van der Waals surface area contributed by atoms with Crippen molar-refractivity contribution in [1.29, 1.82) is 0 Å². The Balaban J connectivity index is 1.49. The minimum absolute atomic E-state index is 0.217. The van der Waals surface area contributed by atoms with Gasteiger partial charge in [0.1, 0.15) is 6.26 Å². The molecule has 0 bridgehead atoms. The first kappa shape index (κ1) is 16.0. The van der Waals surface area contributed by atoms with Crippen LogP contribution < -0.4 is 15.5 Å². The number of carbonyl (C=O) groups excluding carboxylic acids is 2. The Bertz CT molecular complexity index is 727. The molecular weight excluding hydrogens is 308 g/mol. The summed E-state index contributed by atoms with van der Waals surface area (Å²) in [7, 11) is 2.10. The SMILES string of the molecule is CN1CCCc2cc(CCNC(=O)C(=O)Nc3ccon3)ccc21. The molecule has 2 aromatic rings. The molecule has 24 heavy (non-hydrogen) atoms. The maximum atomic E-state index is 11.7. The average Bonchev–Trinajstić information content (AvgIpc) is 3.08. The average molecular weight is 328 g/mol. The second-order valence-electron chi connectivity index (χ2n) is 5.83. The highest BCUT2D eigenvalue weighted by molar-refractivity contribution is 6.39. The Kier molecular flexibility index (Phi) is 4.79. The highest BCUT2D eigenvalue weighted by Crippen LogP contribution is 2.26. The van der Waals surface area contributed by atoms with Gasteiger partial charge in [-0.25, -0.2) is 0 Å². The van der Waals surface area contributed by atoms with Gasteiger partial charge in [-0.2, -0.15) is 0 Å². The molecule has 2 amide bonds. The van der Waals surface area contributed by atoms with Gasteiger partial charge in [-0.05, 0) is 36.5 Å². The third-order valence-electron chi connectivity index (χ3n) is 4.08. The van der Waals surface area contributed by atoms with Crippen molar-refractivity contribution in [1.82, 2.24) is 10.5 Å². The predicted octanol–water partition coefficient (Wildman–Crippen LogP) is 1.35. The van der Waals surface area contributed by atoms with Crippen LogP contribution in [0.5, 0.6) is 0 Å². The van der Waals surface area contributed by atoms with Gasteiger partial charge in [0.25, 0.3) is 0 Å². The number of anilines is 2. The van der Waals surface area contributed by atoms with Gasteiger partial charge in [-0.3, -0.25) is 14.9 Å². The molecule has 0 radical (unpaired) electrons. The third-order valence-corrected chi connectivity index (χ3v) is 4.08. The second-order valence-corrected chi connectivity index (χ2v) is 5.83. The van der Waals surface area contributed by atoms with E-state index in [2.05, 4.69) is 50.5 Å². The lowest BCUT2D eigenvalue weighted by Gasteiger charge is -2.27.